The van der Waals surface area contributed by atoms with Crippen molar-refractivity contribution in [1.29, 1.82) is 0 Å². The molecule has 0 unspecified atom stereocenters. The van der Waals surface area contributed by atoms with Crippen LogP contribution in [0.4, 0.5) is 0 Å². The van der Waals surface area contributed by atoms with Crippen LogP contribution in [-0.4, -0.2) is 5.78 Å². The zero-order chi connectivity index (χ0) is 15.9. The average Bonchev–Trinajstić information content (AvgIpc) is 2.64. The van der Waals surface area contributed by atoms with Gasteiger partial charge in [0.25, 0.3) is 0 Å². The van der Waals surface area contributed by atoms with Crippen LogP contribution < -0.4 is 10.6 Å². The number of carbonyl (C=O) groups excluding carboxylic acids is 1. The van der Waals surface area contributed by atoms with Gasteiger partial charge in [0.2, 0.25) is 0 Å². The second kappa shape index (κ2) is 7.67. The first-order chi connectivity index (χ1) is 11.3. The maximum atomic E-state index is 12.3. The van der Waals surface area contributed by atoms with E-state index < -0.39 is 7.92 Å². The first kappa shape index (κ1) is 15.4. The van der Waals surface area contributed by atoms with Crippen LogP contribution in [0, 0.1) is 0 Å². The van der Waals surface area contributed by atoms with E-state index in [2.05, 4.69) is 54.3 Å². The molecule has 0 heterocycles. The normalized spacial score (nSPS) is 11.4. The second-order valence-corrected chi connectivity index (χ2v) is 8.06. The van der Waals surface area contributed by atoms with Crippen molar-refractivity contribution in [3.05, 3.63) is 108 Å². The standard InChI is InChI=1S/C21H19OP/c22-21(18-10-4-1-5-11-18)16-17-23(19-12-6-2-7-13-19)20-14-8-3-9-15-20/h1-17H,23H2. The quantitative estimate of drug-likeness (QED) is 0.395. The predicted molar refractivity (Wildman–Crippen MR) is 102 cm³/mol. The van der Waals surface area contributed by atoms with Gasteiger partial charge in [-0.05, 0) is 0 Å². The van der Waals surface area contributed by atoms with Gasteiger partial charge in [0.1, 0.15) is 0 Å². The number of ketones is 1. The Hall–Kier alpha value is -2.50. The number of rotatable bonds is 5. The molecule has 3 aromatic carbocycles. The molecule has 1 nitrogen and oxygen atoms in total. The Morgan fingerprint density at radius 3 is 1.57 bits per heavy atom. The number of benzene rings is 3. The van der Waals surface area contributed by atoms with Gasteiger partial charge in [-0.3, -0.25) is 0 Å². The van der Waals surface area contributed by atoms with Crippen LogP contribution in [0.1, 0.15) is 10.4 Å². The minimum atomic E-state index is -1.53. The maximum absolute atomic E-state index is 12.3. The average molecular weight is 318 g/mol. The molecule has 23 heavy (non-hydrogen) atoms. The van der Waals surface area contributed by atoms with Crippen LogP contribution >= 0.6 is 7.92 Å². The summed E-state index contributed by atoms with van der Waals surface area (Å²) in [6.45, 7) is 0. The van der Waals surface area contributed by atoms with E-state index in [9.17, 15) is 4.79 Å². The van der Waals surface area contributed by atoms with Gasteiger partial charge in [0, 0.05) is 0 Å². The van der Waals surface area contributed by atoms with E-state index in [0.717, 1.165) is 5.56 Å². The molecule has 0 aliphatic rings. The summed E-state index contributed by atoms with van der Waals surface area (Å²) in [5.41, 5.74) is 0.734. The van der Waals surface area contributed by atoms with E-state index in [1.54, 1.807) is 6.08 Å². The molecular weight excluding hydrogens is 299 g/mol. The monoisotopic (exact) mass is 318 g/mol. The Morgan fingerprint density at radius 2 is 1.09 bits per heavy atom. The van der Waals surface area contributed by atoms with E-state index in [-0.39, 0.29) is 5.78 Å². The Kier molecular flexibility index (Phi) is 5.13. The molecule has 0 spiro atoms. The molecular formula is C21H19OP. The first-order valence-electron chi connectivity index (χ1n) is 7.72. The number of hydrogen-bond donors (Lipinski definition) is 0. The van der Waals surface area contributed by atoms with Gasteiger partial charge in [0.15, 0.2) is 0 Å². The van der Waals surface area contributed by atoms with Crippen LogP contribution in [0.3, 0.4) is 0 Å². The van der Waals surface area contributed by atoms with Crippen molar-refractivity contribution in [2.75, 3.05) is 0 Å². The molecule has 0 amide bonds. The van der Waals surface area contributed by atoms with Crippen molar-refractivity contribution in [2.45, 2.75) is 0 Å². The van der Waals surface area contributed by atoms with E-state index >= 15 is 0 Å². The van der Waals surface area contributed by atoms with Crippen LogP contribution in [0.25, 0.3) is 0 Å². The predicted octanol–water partition coefficient (Wildman–Crippen LogP) is 3.98. The number of hydrogen-bond acceptors (Lipinski definition) is 1. The zero-order valence-corrected chi connectivity index (χ0v) is 14.0. The number of carbonyl (C=O) groups is 1. The van der Waals surface area contributed by atoms with Gasteiger partial charge in [-0.25, -0.2) is 0 Å². The molecule has 0 saturated carbocycles. The van der Waals surface area contributed by atoms with E-state index in [1.807, 2.05) is 42.5 Å². The molecule has 3 aromatic rings. The van der Waals surface area contributed by atoms with Gasteiger partial charge < -0.3 is 0 Å². The van der Waals surface area contributed by atoms with Crippen LogP contribution in [-0.2, 0) is 0 Å². The summed E-state index contributed by atoms with van der Waals surface area (Å²) >= 11 is 0. The molecule has 0 atom stereocenters. The summed E-state index contributed by atoms with van der Waals surface area (Å²) in [6.07, 6.45) is 1.74. The molecule has 0 radical (unpaired) electrons. The topological polar surface area (TPSA) is 17.1 Å². The second-order valence-electron chi connectivity index (χ2n) is 5.39. The molecule has 0 aromatic heterocycles. The Labute approximate surface area is 138 Å². The Morgan fingerprint density at radius 1 is 0.652 bits per heavy atom. The van der Waals surface area contributed by atoms with Crippen LogP contribution in [0.5, 0.6) is 0 Å². The van der Waals surface area contributed by atoms with Gasteiger partial charge in [-0.15, -0.1) is 0 Å². The summed E-state index contributed by atoms with van der Waals surface area (Å²) in [7, 11) is -1.53. The van der Waals surface area contributed by atoms with Gasteiger partial charge in [-0.1, -0.05) is 0 Å². The summed E-state index contributed by atoms with van der Waals surface area (Å²) in [5, 5.41) is 2.63. The van der Waals surface area contributed by atoms with Crippen molar-refractivity contribution >= 4 is 24.3 Å². The third-order valence-corrected chi connectivity index (χ3v) is 6.60. The molecule has 0 N–H and O–H groups in total. The summed E-state index contributed by atoms with van der Waals surface area (Å²) in [4.78, 5) is 12.3. The molecule has 0 bridgehead atoms. The number of allylic oxidation sites excluding steroid dienone is 1. The third kappa shape index (κ3) is 4.03. The van der Waals surface area contributed by atoms with Crippen molar-refractivity contribution in [2.24, 2.45) is 0 Å². The summed E-state index contributed by atoms with van der Waals surface area (Å²) in [6, 6.07) is 30.3. The van der Waals surface area contributed by atoms with Crippen LogP contribution in [0.2, 0.25) is 0 Å². The molecule has 114 valence electrons. The van der Waals surface area contributed by atoms with Crippen LogP contribution in [0.15, 0.2) is 103 Å². The Balaban J connectivity index is 1.91. The Bertz CT molecular complexity index is 740. The SMILES string of the molecule is O=C(C=C[PH2](c1ccccc1)c1ccccc1)c1ccccc1. The minimum absolute atomic E-state index is 0.0648. The van der Waals surface area contributed by atoms with Gasteiger partial charge in [0.05, 0.1) is 0 Å². The van der Waals surface area contributed by atoms with Crippen molar-refractivity contribution in [1.82, 2.24) is 0 Å². The molecule has 0 fully saturated rings. The van der Waals surface area contributed by atoms with Crippen molar-refractivity contribution in [3.63, 3.8) is 0 Å². The van der Waals surface area contributed by atoms with E-state index in [0.29, 0.717) is 0 Å². The third-order valence-electron chi connectivity index (χ3n) is 3.82. The first-order valence-corrected chi connectivity index (χ1v) is 9.54. The van der Waals surface area contributed by atoms with Gasteiger partial charge >= 0.3 is 138 Å². The fourth-order valence-corrected chi connectivity index (χ4v) is 5.09. The van der Waals surface area contributed by atoms with E-state index in [1.165, 1.54) is 10.6 Å². The summed E-state index contributed by atoms with van der Waals surface area (Å²) < 4.78 is 0. The zero-order valence-electron chi connectivity index (χ0n) is 12.8. The molecule has 3 rings (SSSR count). The van der Waals surface area contributed by atoms with Crippen molar-refractivity contribution < 1.29 is 4.79 Å². The van der Waals surface area contributed by atoms with E-state index in [4.69, 9.17) is 0 Å². The van der Waals surface area contributed by atoms with Gasteiger partial charge in [-0.2, -0.15) is 0 Å². The fraction of sp³-hybridized carbons (Fsp3) is 0. The molecule has 0 saturated heterocycles. The fourth-order valence-electron chi connectivity index (χ4n) is 2.62. The van der Waals surface area contributed by atoms with Crippen molar-refractivity contribution in [3.8, 4) is 0 Å². The summed E-state index contributed by atoms with van der Waals surface area (Å²) in [5.74, 6) is 2.19. The molecule has 0 aliphatic carbocycles. The molecule has 0 aliphatic heterocycles. The molecule has 2 heteroatoms.